The molecule has 2 aromatic carbocycles. The maximum atomic E-state index is 13.0. The molecule has 0 aliphatic rings. The Bertz CT molecular complexity index is 1160. The fraction of sp³-hybridized carbons (Fsp3) is 0.435. The summed E-state index contributed by atoms with van der Waals surface area (Å²) < 4.78 is 63.7. The first-order chi connectivity index (χ1) is 14.7. The monoisotopic (exact) mass is 480 g/mol. The number of nitrogens with one attached hydrogen (secondary N) is 1. The predicted molar refractivity (Wildman–Crippen MR) is 127 cm³/mol. The zero-order valence-electron chi connectivity index (χ0n) is 19.6. The molecule has 0 radical (unpaired) electrons. The average molecular weight is 481 g/mol. The van der Waals surface area contributed by atoms with Gasteiger partial charge in [0, 0.05) is 6.04 Å². The molecule has 0 aliphatic carbocycles. The van der Waals surface area contributed by atoms with Gasteiger partial charge in [-0.1, -0.05) is 63.1 Å². The zero-order chi connectivity index (χ0) is 24.3. The largest absolute Gasteiger partial charge is 0.483 e. The van der Waals surface area contributed by atoms with Crippen molar-refractivity contribution in [3.05, 3.63) is 59.7 Å². The summed E-state index contributed by atoms with van der Waals surface area (Å²) in [7, 11) is -6.56. The highest BCUT2D eigenvalue weighted by Crippen LogP contribution is 2.29. The molecule has 0 bridgehead atoms. The van der Waals surface area contributed by atoms with Crippen molar-refractivity contribution in [2.75, 3.05) is 7.11 Å². The fourth-order valence-corrected chi connectivity index (χ4v) is 5.90. The maximum absolute atomic E-state index is 13.0. The van der Waals surface area contributed by atoms with Gasteiger partial charge < -0.3 is 4.74 Å². The van der Waals surface area contributed by atoms with E-state index in [1.807, 2.05) is 34.6 Å². The van der Waals surface area contributed by atoms with Gasteiger partial charge >= 0.3 is 0 Å². The van der Waals surface area contributed by atoms with Crippen molar-refractivity contribution < 1.29 is 21.6 Å². The van der Waals surface area contributed by atoms with Gasteiger partial charge in [-0.15, -0.1) is 4.40 Å². The van der Waals surface area contributed by atoms with Gasteiger partial charge in [-0.05, 0) is 43.5 Å². The van der Waals surface area contributed by atoms with Gasteiger partial charge in [0.05, 0.1) is 22.8 Å². The average Bonchev–Trinajstić information content (AvgIpc) is 2.69. The molecule has 0 aliphatic heterocycles. The van der Waals surface area contributed by atoms with Crippen LogP contribution in [0.2, 0.25) is 0 Å². The molecule has 9 heteroatoms. The second-order valence-electron chi connectivity index (χ2n) is 8.99. The smallest absolute Gasteiger partial charge is 0.285 e. The number of aryl methyl sites for hydroxylation is 2. The molecule has 0 aromatic heterocycles. The minimum absolute atomic E-state index is 0.0393. The molecule has 0 unspecified atom stereocenters. The van der Waals surface area contributed by atoms with Crippen LogP contribution in [0.3, 0.4) is 0 Å². The standard InChI is InChI=1S/C23H32N2O5S2/c1-16-8-12-19(13-9-16)31(26,27)24-21(23(4,5)6)18(3)22(30-7)25-32(28,29)20-14-10-17(2)11-15-20/h8-15,18,21,24H,1-7H3/b25-22+/t18-,21+/m1/s1. The number of sulfonamides is 2. The molecule has 0 fully saturated rings. The lowest BCUT2D eigenvalue weighted by molar-refractivity contribution is 0.240. The second-order valence-corrected chi connectivity index (χ2v) is 12.3. The van der Waals surface area contributed by atoms with Crippen LogP contribution >= 0.6 is 0 Å². The molecular weight excluding hydrogens is 448 g/mol. The van der Waals surface area contributed by atoms with Crippen LogP contribution in [0.5, 0.6) is 0 Å². The van der Waals surface area contributed by atoms with E-state index in [1.54, 1.807) is 31.2 Å². The number of hydrogen-bond acceptors (Lipinski definition) is 5. The van der Waals surface area contributed by atoms with Crippen LogP contribution in [0.1, 0.15) is 38.8 Å². The Balaban J connectivity index is 2.44. The third-order valence-corrected chi connectivity index (χ3v) is 7.92. The van der Waals surface area contributed by atoms with Crippen molar-refractivity contribution >= 4 is 25.9 Å². The Morgan fingerprint density at radius 1 is 0.875 bits per heavy atom. The Labute approximate surface area is 192 Å². The molecule has 0 saturated heterocycles. The molecule has 2 atom stereocenters. The molecule has 2 aromatic rings. The van der Waals surface area contributed by atoms with Gasteiger partial charge in [-0.25, -0.2) is 13.1 Å². The van der Waals surface area contributed by atoms with E-state index in [1.165, 1.54) is 31.4 Å². The van der Waals surface area contributed by atoms with Crippen molar-refractivity contribution in [1.82, 2.24) is 4.72 Å². The Morgan fingerprint density at radius 3 is 1.72 bits per heavy atom. The van der Waals surface area contributed by atoms with Crippen molar-refractivity contribution in [3.63, 3.8) is 0 Å². The lowest BCUT2D eigenvalue weighted by Crippen LogP contribution is -2.50. The van der Waals surface area contributed by atoms with Crippen LogP contribution in [0.25, 0.3) is 0 Å². The number of rotatable bonds is 7. The first-order valence-corrected chi connectivity index (χ1v) is 13.1. The van der Waals surface area contributed by atoms with Gasteiger partial charge in [-0.3, -0.25) is 0 Å². The zero-order valence-corrected chi connectivity index (χ0v) is 21.2. The molecule has 0 spiro atoms. The summed E-state index contributed by atoms with van der Waals surface area (Å²) in [5, 5.41) is 0. The molecule has 1 N–H and O–H groups in total. The van der Waals surface area contributed by atoms with Crippen LogP contribution in [-0.4, -0.2) is 35.9 Å². The van der Waals surface area contributed by atoms with Crippen molar-refractivity contribution in [1.29, 1.82) is 0 Å². The molecule has 176 valence electrons. The van der Waals surface area contributed by atoms with Crippen LogP contribution in [0, 0.1) is 25.2 Å². The van der Waals surface area contributed by atoms with Crippen LogP contribution in [0.4, 0.5) is 0 Å². The summed E-state index contributed by atoms with van der Waals surface area (Å²) >= 11 is 0. The van der Waals surface area contributed by atoms with Gasteiger partial charge in [0.1, 0.15) is 0 Å². The summed E-state index contributed by atoms with van der Waals surface area (Å²) in [6.07, 6.45) is 0. The highest BCUT2D eigenvalue weighted by atomic mass is 32.2. The van der Waals surface area contributed by atoms with E-state index < -0.39 is 37.4 Å². The lowest BCUT2D eigenvalue weighted by atomic mass is 9.80. The van der Waals surface area contributed by atoms with Gasteiger partial charge in [0.2, 0.25) is 15.9 Å². The van der Waals surface area contributed by atoms with E-state index in [9.17, 15) is 16.8 Å². The van der Waals surface area contributed by atoms with Crippen LogP contribution < -0.4 is 4.72 Å². The Morgan fingerprint density at radius 2 is 1.31 bits per heavy atom. The fourth-order valence-electron chi connectivity index (χ4n) is 3.31. The van der Waals surface area contributed by atoms with Crippen molar-refractivity contribution in [2.45, 2.75) is 57.4 Å². The van der Waals surface area contributed by atoms with Crippen molar-refractivity contribution in [3.8, 4) is 0 Å². The summed E-state index contributed by atoms with van der Waals surface area (Å²) in [6, 6.07) is 12.2. The molecule has 7 nitrogen and oxygen atoms in total. The van der Waals surface area contributed by atoms with E-state index in [-0.39, 0.29) is 15.7 Å². The minimum atomic E-state index is -4.03. The Kier molecular flexibility index (Phi) is 7.91. The van der Waals surface area contributed by atoms with Gasteiger partial charge in [0.25, 0.3) is 10.0 Å². The normalized spacial score (nSPS) is 15.3. The third kappa shape index (κ3) is 6.40. The predicted octanol–water partition coefficient (Wildman–Crippen LogP) is 4.07. The summed E-state index contributed by atoms with van der Waals surface area (Å²) in [5.41, 5.74) is 1.30. The molecule has 2 rings (SSSR count). The third-order valence-electron chi connectivity index (χ3n) is 5.17. The minimum Gasteiger partial charge on any atom is -0.483 e. The first kappa shape index (κ1) is 26.0. The number of methoxy groups -OCH3 is 1. The first-order valence-electron chi connectivity index (χ1n) is 10.2. The van der Waals surface area contributed by atoms with Crippen LogP contribution in [0.15, 0.2) is 62.7 Å². The number of hydrogen-bond donors (Lipinski definition) is 1. The van der Waals surface area contributed by atoms with E-state index in [0.717, 1.165) is 11.1 Å². The molecule has 0 amide bonds. The van der Waals surface area contributed by atoms with E-state index in [2.05, 4.69) is 9.12 Å². The molecular formula is C23H32N2O5S2. The van der Waals surface area contributed by atoms with Crippen molar-refractivity contribution in [2.24, 2.45) is 15.7 Å². The van der Waals surface area contributed by atoms with Gasteiger partial charge in [0.15, 0.2) is 0 Å². The lowest BCUT2D eigenvalue weighted by Gasteiger charge is -2.35. The van der Waals surface area contributed by atoms with Crippen LogP contribution in [-0.2, 0) is 24.8 Å². The maximum Gasteiger partial charge on any atom is 0.285 e. The van der Waals surface area contributed by atoms with E-state index in [0.29, 0.717) is 0 Å². The number of nitrogens with zero attached hydrogens (tertiary/aromatic N) is 1. The quantitative estimate of drug-likeness (QED) is 0.475. The summed E-state index contributed by atoms with van der Waals surface area (Å²) in [6.45, 7) is 11.0. The summed E-state index contributed by atoms with van der Waals surface area (Å²) in [5.74, 6) is -0.738. The molecule has 0 saturated carbocycles. The Hall–Kier alpha value is -2.23. The van der Waals surface area contributed by atoms with Gasteiger partial charge in [-0.2, -0.15) is 8.42 Å². The second kappa shape index (κ2) is 9.72. The van der Waals surface area contributed by atoms with E-state index in [4.69, 9.17) is 4.74 Å². The van der Waals surface area contributed by atoms with E-state index >= 15 is 0 Å². The highest BCUT2D eigenvalue weighted by Gasteiger charge is 2.37. The SMILES string of the molecule is CO/C(=N/S(=O)(=O)c1ccc(C)cc1)[C@H](C)[C@H](NS(=O)(=O)c1ccc(C)cc1)C(C)(C)C. The topological polar surface area (TPSA) is 102 Å². The molecule has 0 heterocycles. The highest BCUT2D eigenvalue weighted by molar-refractivity contribution is 7.90. The number of benzene rings is 2. The summed E-state index contributed by atoms with van der Waals surface area (Å²) in [4.78, 5) is 0.171. The molecule has 32 heavy (non-hydrogen) atoms. The number of ether oxygens (including phenoxy) is 1.